The fraction of sp³-hybridized carbons (Fsp3) is 0.263. The topological polar surface area (TPSA) is 84.7 Å². The van der Waals surface area contributed by atoms with E-state index in [0.717, 1.165) is 6.07 Å². The van der Waals surface area contributed by atoms with Crippen LogP contribution in [0.3, 0.4) is 0 Å². The number of carbonyl (C=O) groups is 1. The lowest BCUT2D eigenvalue weighted by Gasteiger charge is -2.35. The highest BCUT2D eigenvalue weighted by Gasteiger charge is 2.52. The van der Waals surface area contributed by atoms with Crippen LogP contribution in [0.15, 0.2) is 29.3 Å². The Labute approximate surface area is 157 Å². The van der Waals surface area contributed by atoms with Gasteiger partial charge in [0.15, 0.2) is 17.6 Å². The molecule has 0 bridgehead atoms. The van der Waals surface area contributed by atoms with Crippen molar-refractivity contribution >= 4 is 12.0 Å². The zero-order valence-corrected chi connectivity index (χ0v) is 14.6. The molecule has 2 aromatic carbocycles. The number of halogens is 4. The quantitative estimate of drug-likeness (QED) is 0.338. The Hall–Kier alpha value is -3.10. The molecule has 0 aromatic heterocycles. The maximum Gasteiger partial charge on any atom is 0.347 e. The van der Waals surface area contributed by atoms with Gasteiger partial charge in [-0.05, 0) is 36.1 Å². The molecule has 146 valence electrons. The monoisotopic (exact) mass is 392 g/mol. The highest BCUT2D eigenvalue weighted by molar-refractivity contribution is 5.91. The summed E-state index contributed by atoms with van der Waals surface area (Å²) in [4.78, 5) is 17.2. The first kappa shape index (κ1) is 18.3. The molecule has 9 heteroatoms. The summed E-state index contributed by atoms with van der Waals surface area (Å²) >= 11 is 0. The van der Waals surface area contributed by atoms with Gasteiger partial charge in [0.25, 0.3) is 0 Å². The minimum absolute atomic E-state index is 0.0851. The Morgan fingerprint density at radius 3 is 2.29 bits per heavy atom. The molecule has 0 unspecified atom stereocenters. The van der Waals surface area contributed by atoms with Gasteiger partial charge in [-0.25, -0.2) is 22.4 Å². The number of fused-ring (bicyclic) bond motifs is 2. The number of nitrogens with zero attached hydrogens (tertiary/aromatic N) is 2. The lowest BCUT2D eigenvalue weighted by Crippen LogP contribution is -2.42. The number of aliphatic imine (C=N–C) groups is 1. The summed E-state index contributed by atoms with van der Waals surface area (Å²) in [5.74, 6) is -4.41. The summed E-state index contributed by atoms with van der Waals surface area (Å²) < 4.78 is 56.2. The van der Waals surface area contributed by atoms with E-state index >= 15 is 0 Å². The smallest absolute Gasteiger partial charge is 0.347 e. The molecular weight excluding hydrogens is 376 g/mol. The van der Waals surface area contributed by atoms with Crippen molar-refractivity contribution in [2.45, 2.75) is 24.8 Å². The van der Waals surface area contributed by atoms with E-state index in [4.69, 9.17) is 11.5 Å². The molecule has 1 saturated carbocycles. The van der Waals surface area contributed by atoms with Crippen LogP contribution in [-0.2, 0) is 12.0 Å². The second-order valence-corrected chi connectivity index (χ2v) is 7.15. The average Bonchev–Trinajstić information content (AvgIpc) is 3.37. The Bertz CT molecular complexity index is 1030. The third-order valence-corrected chi connectivity index (χ3v) is 5.28. The van der Waals surface area contributed by atoms with E-state index in [2.05, 4.69) is 4.99 Å². The van der Waals surface area contributed by atoms with Crippen molar-refractivity contribution < 1.29 is 22.4 Å². The zero-order valence-electron chi connectivity index (χ0n) is 14.6. The Kier molecular flexibility index (Phi) is 4.06. The van der Waals surface area contributed by atoms with Crippen molar-refractivity contribution in [1.29, 1.82) is 0 Å². The second-order valence-electron chi connectivity index (χ2n) is 7.15. The summed E-state index contributed by atoms with van der Waals surface area (Å²) in [6.07, 6.45) is 1.26. The van der Waals surface area contributed by atoms with Crippen LogP contribution in [0.4, 0.5) is 22.4 Å². The fourth-order valence-electron chi connectivity index (χ4n) is 3.90. The number of rotatable bonds is 1. The highest BCUT2D eigenvalue weighted by Crippen LogP contribution is 2.54. The first-order valence-electron chi connectivity index (χ1n) is 8.57. The van der Waals surface area contributed by atoms with Gasteiger partial charge in [-0.2, -0.15) is 4.99 Å². The number of nitrogens with two attached hydrogens (primary N) is 2. The Balaban J connectivity index is 1.89. The molecule has 0 saturated heterocycles. The standard InChI is InChI=1S/C19H16F4N4O/c20-12-2-1-9(10-5-14(22)15(23)6-13(10)21)11-7-27(18(28)26-17(24)25)8-19(3-4-19)16(11)12/h1-2,5-6H,3-4,7-8H2,(H4,24,25,26,28). The number of carbonyl (C=O) groups excluding carboxylic acids is 1. The zero-order chi connectivity index (χ0) is 20.2. The molecular formula is C19H16F4N4O. The van der Waals surface area contributed by atoms with Crippen LogP contribution in [0.2, 0.25) is 0 Å². The normalized spacial score (nSPS) is 16.6. The molecule has 28 heavy (non-hydrogen) atoms. The molecule has 1 fully saturated rings. The van der Waals surface area contributed by atoms with E-state index in [1.54, 1.807) is 0 Å². The minimum Gasteiger partial charge on any atom is -0.370 e. The van der Waals surface area contributed by atoms with E-state index in [0.29, 0.717) is 30.0 Å². The van der Waals surface area contributed by atoms with Gasteiger partial charge in [0.2, 0.25) is 0 Å². The molecule has 1 aliphatic heterocycles. The predicted octanol–water partition coefficient (Wildman–Crippen LogP) is 3.15. The number of guanidine groups is 1. The molecule has 1 aliphatic carbocycles. The maximum absolute atomic E-state index is 14.7. The number of hydrogen-bond acceptors (Lipinski definition) is 1. The van der Waals surface area contributed by atoms with Crippen LogP contribution in [0.5, 0.6) is 0 Å². The molecule has 5 nitrogen and oxygen atoms in total. The van der Waals surface area contributed by atoms with E-state index in [1.807, 2.05) is 0 Å². The average molecular weight is 392 g/mol. The van der Waals surface area contributed by atoms with Gasteiger partial charge >= 0.3 is 6.03 Å². The first-order chi connectivity index (χ1) is 13.2. The van der Waals surface area contributed by atoms with Gasteiger partial charge in [0.1, 0.15) is 11.6 Å². The lowest BCUT2D eigenvalue weighted by atomic mass is 9.82. The van der Waals surface area contributed by atoms with Crippen molar-refractivity contribution in [3.05, 3.63) is 58.7 Å². The summed E-state index contributed by atoms with van der Waals surface area (Å²) in [6, 6.07) is 2.96. The summed E-state index contributed by atoms with van der Waals surface area (Å²) in [7, 11) is 0. The molecule has 0 radical (unpaired) electrons. The number of urea groups is 1. The van der Waals surface area contributed by atoms with Gasteiger partial charge in [-0.3, -0.25) is 0 Å². The van der Waals surface area contributed by atoms with Crippen molar-refractivity contribution in [3.63, 3.8) is 0 Å². The molecule has 2 aromatic rings. The molecule has 2 amide bonds. The summed E-state index contributed by atoms with van der Waals surface area (Å²) in [5, 5.41) is 0. The largest absolute Gasteiger partial charge is 0.370 e. The molecule has 1 spiro atoms. The van der Waals surface area contributed by atoms with Crippen molar-refractivity contribution in [2.24, 2.45) is 16.5 Å². The number of hydrogen-bond donors (Lipinski definition) is 2. The van der Waals surface area contributed by atoms with Gasteiger partial charge in [0, 0.05) is 35.7 Å². The van der Waals surface area contributed by atoms with Crippen LogP contribution >= 0.6 is 0 Å². The van der Waals surface area contributed by atoms with E-state index < -0.39 is 40.7 Å². The summed E-state index contributed by atoms with van der Waals surface area (Å²) in [6.45, 7) is 0.133. The third kappa shape index (κ3) is 2.87. The van der Waals surface area contributed by atoms with Gasteiger partial charge in [-0.1, -0.05) is 6.07 Å². The van der Waals surface area contributed by atoms with Crippen molar-refractivity contribution in [2.75, 3.05) is 6.54 Å². The predicted molar refractivity (Wildman–Crippen MR) is 94.2 cm³/mol. The lowest BCUT2D eigenvalue weighted by molar-refractivity contribution is 0.192. The first-order valence-corrected chi connectivity index (χ1v) is 8.57. The van der Waals surface area contributed by atoms with Crippen LogP contribution in [-0.4, -0.2) is 23.4 Å². The summed E-state index contributed by atoms with van der Waals surface area (Å²) in [5.41, 5.74) is 10.6. The highest BCUT2D eigenvalue weighted by atomic mass is 19.2. The van der Waals surface area contributed by atoms with E-state index in [9.17, 15) is 22.4 Å². The number of amides is 2. The van der Waals surface area contributed by atoms with Crippen LogP contribution in [0.25, 0.3) is 11.1 Å². The van der Waals surface area contributed by atoms with Crippen molar-refractivity contribution in [3.8, 4) is 11.1 Å². The van der Waals surface area contributed by atoms with E-state index in [-0.39, 0.29) is 24.2 Å². The van der Waals surface area contributed by atoms with Crippen LogP contribution < -0.4 is 11.5 Å². The Morgan fingerprint density at radius 2 is 1.64 bits per heavy atom. The number of benzene rings is 2. The fourth-order valence-corrected chi connectivity index (χ4v) is 3.90. The molecule has 1 heterocycles. The molecule has 0 atom stereocenters. The van der Waals surface area contributed by atoms with Gasteiger partial charge in [-0.15, -0.1) is 0 Å². The molecule has 2 aliphatic rings. The SMILES string of the molecule is NC(N)=NC(=O)N1Cc2c(-c3cc(F)c(F)cc3F)ccc(F)c2C2(CC2)C1. The Morgan fingerprint density at radius 1 is 0.964 bits per heavy atom. The molecule has 4 rings (SSSR count). The molecule has 4 N–H and O–H groups in total. The van der Waals surface area contributed by atoms with Crippen LogP contribution in [0.1, 0.15) is 24.0 Å². The van der Waals surface area contributed by atoms with Gasteiger partial charge in [0.05, 0.1) is 0 Å². The second kappa shape index (κ2) is 6.22. The van der Waals surface area contributed by atoms with Crippen LogP contribution in [0, 0.1) is 23.3 Å². The van der Waals surface area contributed by atoms with E-state index in [1.165, 1.54) is 17.0 Å². The van der Waals surface area contributed by atoms with Gasteiger partial charge < -0.3 is 16.4 Å². The minimum atomic E-state index is -1.32. The third-order valence-electron chi connectivity index (χ3n) is 5.28. The maximum atomic E-state index is 14.7. The van der Waals surface area contributed by atoms with Crippen molar-refractivity contribution in [1.82, 2.24) is 4.90 Å².